The standard InChI is InChI=1S/C8H12O2/c9-7-3-5-1-2-6(7)8(10)4-5/h5-7,9H,1-4H2/t5-,6+,7-/m0/s1. The minimum Gasteiger partial charge on any atom is -0.392 e. The molecular formula is C8H12O2. The number of Topliss-reactive ketones (excluding diaryl/α,β-unsaturated/α-hetero) is 1. The topological polar surface area (TPSA) is 37.3 Å². The van der Waals surface area contributed by atoms with E-state index in [-0.39, 0.29) is 12.0 Å². The molecule has 56 valence electrons. The minimum absolute atomic E-state index is 0.00463. The predicted octanol–water partition coefficient (Wildman–Crippen LogP) is 0.736. The summed E-state index contributed by atoms with van der Waals surface area (Å²) in [5.41, 5.74) is 0. The molecule has 10 heavy (non-hydrogen) atoms. The van der Waals surface area contributed by atoms with E-state index in [0.29, 0.717) is 11.7 Å². The molecule has 3 aliphatic carbocycles. The molecule has 3 fully saturated rings. The molecule has 0 aromatic heterocycles. The second kappa shape index (κ2) is 2.06. The lowest BCUT2D eigenvalue weighted by Gasteiger charge is -2.38. The molecule has 0 aromatic rings. The van der Waals surface area contributed by atoms with Crippen molar-refractivity contribution in [1.82, 2.24) is 0 Å². The summed E-state index contributed by atoms with van der Waals surface area (Å²) in [4.78, 5) is 11.1. The Morgan fingerprint density at radius 1 is 1.40 bits per heavy atom. The van der Waals surface area contributed by atoms with Gasteiger partial charge >= 0.3 is 0 Å². The van der Waals surface area contributed by atoms with Crippen LogP contribution in [-0.2, 0) is 4.79 Å². The number of rotatable bonds is 0. The molecule has 3 aliphatic rings. The Morgan fingerprint density at radius 2 is 2.20 bits per heavy atom. The molecule has 3 saturated carbocycles. The Kier molecular flexibility index (Phi) is 1.31. The maximum Gasteiger partial charge on any atom is 0.138 e. The fraction of sp³-hybridized carbons (Fsp3) is 0.875. The van der Waals surface area contributed by atoms with Crippen molar-refractivity contribution in [2.75, 3.05) is 0 Å². The molecule has 0 saturated heterocycles. The van der Waals surface area contributed by atoms with Crippen molar-refractivity contribution in [1.29, 1.82) is 0 Å². The van der Waals surface area contributed by atoms with Gasteiger partial charge in [-0.1, -0.05) is 0 Å². The highest BCUT2D eigenvalue weighted by Gasteiger charge is 2.40. The second-order valence-corrected chi connectivity index (χ2v) is 3.52. The molecule has 0 heterocycles. The van der Waals surface area contributed by atoms with Gasteiger partial charge in [0, 0.05) is 12.3 Å². The fourth-order valence-electron chi connectivity index (χ4n) is 2.23. The van der Waals surface area contributed by atoms with Crippen LogP contribution in [0, 0.1) is 11.8 Å². The minimum atomic E-state index is -0.306. The first-order valence-electron chi connectivity index (χ1n) is 3.98. The number of aliphatic hydroxyl groups excluding tert-OH is 1. The third kappa shape index (κ3) is 0.788. The summed E-state index contributed by atoms with van der Waals surface area (Å²) in [6.45, 7) is 0. The Hall–Kier alpha value is -0.370. The highest BCUT2D eigenvalue weighted by molar-refractivity contribution is 5.83. The Morgan fingerprint density at radius 3 is 2.60 bits per heavy atom. The van der Waals surface area contributed by atoms with Crippen LogP contribution in [0.5, 0.6) is 0 Å². The van der Waals surface area contributed by atoms with Crippen LogP contribution in [0.3, 0.4) is 0 Å². The van der Waals surface area contributed by atoms with Crippen molar-refractivity contribution in [3.05, 3.63) is 0 Å². The van der Waals surface area contributed by atoms with E-state index < -0.39 is 0 Å². The highest BCUT2D eigenvalue weighted by Crippen LogP contribution is 2.38. The van der Waals surface area contributed by atoms with Gasteiger partial charge in [0.2, 0.25) is 0 Å². The monoisotopic (exact) mass is 140 g/mol. The SMILES string of the molecule is O=C1C[C@H]2CC[C@@H]1[C@@H](O)C2. The molecule has 3 rings (SSSR count). The van der Waals surface area contributed by atoms with Gasteiger partial charge in [-0.05, 0) is 25.2 Å². The van der Waals surface area contributed by atoms with Crippen LogP contribution < -0.4 is 0 Å². The van der Waals surface area contributed by atoms with Crippen LogP contribution in [0.25, 0.3) is 0 Å². The van der Waals surface area contributed by atoms with Gasteiger partial charge in [0.15, 0.2) is 0 Å². The summed E-state index contributed by atoms with van der Waals surface area (Å²) in [5, 5.41) is 9.35. The lowest BCUT2D eigenvalue weighted by atomic mass is 9.68. The van der Waals surface area contributed by atoms with Crippen molar-refractivity contribution >= 4 is 5.78 Å². The van der Waals surface area contributed by atoms with Crippen LogP contribution in [0.15, 0.2) is 0 Å². The average Bonchev–Trinajstić information content (AvgIpc) is 1.86. The molecule has 2 nitrogen and oxygen atoms in total. The van der Waals surface area contributed by atoms with Crippen molar-refractivity contribution < 1.29 is 9.90 Å². The van der Waals surface area contributed by atoms with Gasteiger partial charge in [-0.15, -0.1) is 0 Å². The lowest BCUT2D eigenvalue weighted by molar-refractivity contribution is -0.136. The summed E-state index contributed by atoms with van der Waals surface area (Å²) in [7, 11) is 0. The largest absolute Gasteiger partial charge is 0.392 e. The van der Waals surface area contributed by atoms with Crippen molar-refractivity contribution in [2.45, 2.75) is 31.8 Å². The number of ketones is 1. The van der Waals surface area contributed by atoms with Crippen LogP contribution >= 0.6 is 0 Å². The van der Waals surface area contributed by atoms with Gasteiger partial charge in [0.25, 0.3) is 0 Å². The first-order valence-corrected chi connectivity index (χ1v) is 3.98. The highest BCUT2D eigenvalue weighted by atomic mass is 16.3. The normalized spacial score (nSPS) is 46.1. The zero-order valence-corrected chi connectivity index (χ0v) is 5.92. The average molecular weight is 140 g/mol. The molecule has 1 N–H and O–H groups in total. The summed E-state index contributed by atoms with van der Waals surface area (Å²) < 4.78 is 0. The fourth-order valence-corrected chi connectivity index (χ4v) is 2.23. The molecule has 0 unspecified atom stereocenters. The molecule has 0 spiro atoms. The van der Waals surface area contributed by atoms with E-state index in [1.54, 1.807) is 0 Å². The van der Waals surface area contributed by atoms with Gasteiger partial charge in [-0.2, -0.15) is 0 Å². The van der Waals surface area contributed by atoms with Gasteiger partial charge < -0.3 is 5.11 Å². The zero-order valence-electron chi connectivity index (χ0n) is 5.92. The molecule has 2 bridgehead atoms. The van der Waals surface area contributed by atoms with Gasteiger partial charge in [-0.3, -0.25) is 4.79 Å². The first kappa shape index (κ1) is 6.35. The van der Waals surface area contributed by atoms with E-state index in [1.165, 1.54) is 0 Å². The third-order valence-corrected chi connectivity index (χ3v) is 2.83. The maximum absolute atomic E-state index is 11.1. The summed E-state index contributed by atoms with van der Waals surface area (Å²) >= 11 is 0. The van der Waals surface area contributed by atoms with E-state index >= 15 is 0 Å². The number of hydrogen-bond donors (Lipinski definition) is 1. The molecule has 0 radical (unpaired) electrons. The second-order valence-electron chi connectivity index (χ2n) is 3.52. The van der Waals surface area contributed by atoms with Crippen molar-refractivity contribution in [2.24, 2.45) is 11.8 Å². The van der Waals surface area contributed by atoms with Gasteiger partial charge in [0.05, 0.1) is 6.10 Å². The van der Waals surface area contributed by atoms with E-state index in [2.05, 4.69) is 0 Å². The first-order chi connectivity index (χ1) is 4.77. The lowest BCUT2D eigenvalue weighted by Crippen LogP contribution is -2.41. The smallest absolute Gasteiger partial charge is 0.138 e. The molecule has 3 atom stereocenters. The van der Waals surface area contributed by atoms with Crippen LogP contribution in [0.4, 0.5) is 0 Å². The predicted molar refractivity (Wildman–Crippen MR) is 36.5 cm³/mol. The number of hydrogen-bond acceptors (Lipinski definition) is 2. The molecular weight excluding hydrogens is 128 g/mol. The number of aliphatic hydroxyl groups is 1. The number of carbonyl (C=O) groups is 1. The van der Waals surface area contributed by atoms with E-state index in [0.717, 1.165) is 25.7 Å². The molecule has 0 aliphatic heterocycles. The van der Waals surface area contributed by atoms with Crippen LogP contribution in [0.2, 0.25) is 0 Å². The number of carbonyl (C=O) groups excluding carboxylic acids is 1. The molecule has 0 amide bonds. The van der Waals surface area contributed by atoms with Crippen molar-refractivity contribution in [3.63, 3.8) is 0 Å². The Bertz CT molecular complexity index is 165. The van der Waals surface area contributed by atoms with E-state index in [4.69, 9.17) is 0 Å². The molecule has 0 aromatic carbocycles. The Labute approximate surface area is 60.2 Å². The van der Waals surface area contributed by atoms with E-state index in [1.807, 2.05) is 0 Å². The quantitative estimate of drug-likeness (QED) is 0.538. The van der Waals surface area contributed by atoms with Gasteiger partial charge in [-0.25, -0.2) is 0 Å². The third-order valence-electron chi connectivity index (χ3n) is 2.83. The van der Waals surface area contributed by atoms with Crippen LogP contribution in [-0.4, -0.2) is 17.0 Å². The zero-order chi connectivity index (χ0) is 7.14. The summed E-state index contributed by atoms with van der Waals surface area (Å²) in [6, 6.07) is 0. The van der Waals surface area contributed by atoms with Crippen molar-refractivity contribution in [3.8, 4) is 0 Å². The molecule has 2 heteroatoms. The van der Waals surface area contributed by atoms with Gasteiger partial charge in [0.1, 0.15) is 5.78 Å². The number of fused-ring (bicyclic) bond motifs is 3. The maximum atomic E-state index is 11.1. The summed E-state index contributed by atoms with van der Waals surface area (Å²) in [6.07, 6.45) is 3.40. The van der Waals surface area contributed by atoms with Crippen LogP contribution in [0.1, 0.15) is 25.7 Å². The summed E-state index contributed by atoms with van der Waals surface area (Å²) in [5.74, 6) is 0.812. The Balaban J connectivity index is 2.18. The van der Waals surface area contributed by atoms with E-state index in [9.17, 15) is 9.90 Å².